The Bertz CT molecular complexity index is 789. The predicted octanol–water partition coefficient (Wildman–Crippen LogP) is 2.87. The Morgan fingerprint density at radius 3 is 2.64 bits per heavy atom. The predicted molar refractivity (Wildman–Crippen MR) is 97.4 cm³/mol. The Kier molecular flexibility index (Phi) is 6.04. The van der Waals surface area contributed by atoms with Gasteiger partial charge in [0.15, 0.2) is 9.94 Å². The van der Waals surface area contributed by atoms with Crippen LogP contribution < -0.4 is 10.6 Å². The van der Waals surface area contributed by atoms with Gasteiger partial charge in [-0.2, -0.15) is 0 Å². The van der Waals surface area contributed by atoms with Crippen molar-refractivity contribution in [2.24, 2.45) is 0 Å². The van der Waals surface area contributed by atoms with Crippen LogP contribution in [0.4, 0.5) is 10.5 Å². The molecule has 4 N–H and O–H groups in total. The minimum absolute atomic E-state index is 0.398. The highest BCUT2D eigenvalue weighted by Crippen LogP contribution is 2.32. The van der Waals surface area contributed by atoms with Gasteiger partial charge in [-0.05, 0) is 44.5 Å². The first kappa shape index (κ1) is 19.2. The van der Waals surface area contributed by atoms with Crippen LogP contribution in [0, 0.1) is 13.8 Å². The molecule has 2 amide bonds. The lowest BCUT2D eigenvalue weighted by Crippen LogP contribution is -2.47. The average Bonchev–Trinajstić information content (AvgIpc) is 2.93. The number of thiazole rings is 1. The molecule has 0 aliphatic rings. The normalized spacial score (nSPS) is 13.1. The van der Waals surface area contributed by atoms with E-state index in [1.165, 1.54) is 0 Å². The average molecular weight is 381 g/mol. The zero-order valence-electron chi connectivity index (χ0n) is 14.0. The van der Waals surface area contributed by atoms with Gasteiger partial charge < -0.3 is 20.8 Å². The van der Waals surface area contributed by atoms with E-state index in [0.29, 0.717) is 5.69 Å². The quantitative estimate of drug-likeness (QED) is 0.612. The molecule has 134 valence electrons. The Hall–Kier alpha value is -2.10. The highest BCUT2D eigenvalue weighted by molar-refractivity contribution is 8.01. The van der Waals surface area contributed by atoms with E-state index in [-0.39, 0.29) is 0 Å². The van der Waals surface area contributed by atoms with Crippen molar-refractivity contribution >= 4 is 40.8 Å². The van der Waals surface area contributed by atoms with E-state index >= 15 is 0 Å². The summed E-state index contributed by atoms with van der Waals surface area (Å²) in [6.07, 6.45) is 0. The molecule has 0 spiro atoms. The number of nitrogens with zero attached hydrogens (tertiary/aromatic N) is 1. The molecule has 7 nitrogen and oxygen atoms in total. The van der Waals surface area contributed by atoms with Gasteiger partial charge in [0, 0.05) is 21.7 Å². The third kappa shape index (κ3) is 5.45. The zero-order valence-corrected chi connectivity index (χ0v) is 15.6. The molecule has 0 saturated heterocycles. The largest absolute Gasteiger partial charge is 0.479 e. The van der Waals surface area contributed by atoms with Crippen LogP contribution in [0.5, 0.6) is 0 Å². The van der Waals surface area contributed by atoms with Crippen molar-refractivity contribution < 1.29 is 19.8 Å². The maximum absolute atomic E-state index is 11.9. The summed E-state index contributed by atoms with van der Waals surface area (Å²) in [6.45, 7) is 4.52. The summed E-state index contributed by atoms with van der Waals surface area (Å²) in [5, 5.41) is 25.4. The topological polar surface area (TPSA) is 112 Å². The minimum Gasteiger partial charge on any atom is -0.479 e. The first-order valence-electron chi connectivity index (χ1n) is 7.38. The zero-order chi connectivity index (χ0) is 18.6. The number of aromatic nitrogens is 1. The van der Waals surface area contributed by atoms with Gasteiger partial charge in [0.05, 0.1) is 6.54 Å². The monoisotopic (exact) mass is 381 g/mol. The van der Waals surface area contributed by atoms with Crippen molar-refractivity contribution in [3.8, 4) is 0 Å². The number of benzene rings is 1. The second kappa shape index (κ2) is 7.85. The van der Waals surface area contributed by atoms with E-state index in [2.05, 4.69) is 15.6 Å². The van der Waals surface area contributed by atoms with Gasteiger partial charge in [0.2, 0.25) is 0 Å². The third-order valence-corrected chi connectivity index (χ3v) is 5.35. The fraction of sp³-hybridized carbons (Fsp3) is 0.312. The number of carboxylic acids is 1. The van der Waals surface area contributed by atoms with Crippen molar-refractivity contribution in [1.82, 2.24) is 10.3 Å². The summed E-state index contributed by atoms with van der Waals surface area (Å²) in [6, 6.07) is 5.00. The first-order chi connectivity index (χ1) is 11.7. The molecular weight excluding hydrogens is 362 g/mol. The molecule has 25 heavy (non-hydrogen) atoms. The van der Waals surface area contributed by atoms with Gasteiger partial charge in [-0.15, -0.1) is 11.3 Å². The van der Waals surface area contributed by atoms with Crippen LogP contribution in [0.25, 0.3) is 0 Å². The van der Waals surface area contributed by atoms with Crippen molar-refractivity contribution in [1.29, 1.82) is 0 Å². The Morgan fingerprint density at radius 1 is 1.36 bits per heavy atom. The van der Waals surface area contributed by atoms with Crippen LogP contribution in [-0.2, 0) is 4.79 Å². The number of carboxylic acid groups (broad SMARTS) is 1. The molecule has 1 atom stereocenters. The van der Waals surface area contributed by atoms with E-state index in [1.54, 1.807) is 29.2 Å². The number of nitrogens with one attached hydrogen (secondary N) is 2. The van der Waals surface area contributed by atoms with Crippen LogP contribution >= 0.6 is 23.1 Å². The van der Waals surface area contributed by atoms with Gasteiger partial charge in [-0.3, -0.25) is 0 Å². The number of aryl methyl sites for hydroxylation is 2. The molecule has 1 aromatic heterocycles. The van der Waals surface area contributed by atoms with E-state index in [4.69, 9.17) is 5.11 Å². The van der Waals surface area contributed by atoms with E-state index < -0.39 is 24.1 Å². The fourth-order valence-electron chi connectivity index (χ4n) is 1.81. The summed E-state index contributed by atoms with van der Waals surface area (Å²) in [5.41, 5.74) is 0.431. The van der Waals surface area contributed by atoms with E-state index in [0.717, 1.165) is 27.4 Å². The second-order valence-electron chi connectivity index (χ2n) is 5.72. The highest BCUT2D eigenvalue weighted by atomic mass is 32.2. The highest BCUT2D eigenvalue weighted by Gasteiger charge is 2.30. The number of amides is 2. The van der Waals surface area contributed by atoms with Gasteiger partial charge in [0.1, 0.15) is 0 Å². The lowest BCUT2D eigenvalue weighted by molar-refractivity contribution is -0.155. The van der Waals surface area contributed by atoms with E-state index in [9.17, 15) is 14.7 Å². The number of urea groups is 1. The molecule has 9 heteroatoms. The van der Waals surface area contributed by atoms with Crippen LogP contribution in [0.1, 0.15) is 18.2 Å². The van der Waals surface area contributed by atoms with Crippen molar-refractivity contribution in [3.05, 3.63) is 34.8 Å². The smallest absolute Gasteiger partial charge is 0.337 e. The maximum atomic E-state index is 11.9. The van der Waals surface area contributed by atoms with Gasteiger partial charge in [-0.1, -0.05) is 11.8 Å². The number of rotatable bonds is 6. The number of carbonyl (C=O) groups is 2. The summed E-state index contributed by atoms with van der Waals surface area (Å²) in [4.78, 5) is 28.1. The molecule has 0 bridgehead atoms. The van der Waals surface area contributed by atoms with Crippen LogP contribution in [0.3, 0.4) is 0 Å². The number of anilines is 1. The van der Waals surface area contributed by atoms with Gasteiger partial charge in [-0.25, -0.2) is 14.6 Å². The standard InChI is InChI=1S/C16H19N3O4S2/c1-9-6-11(25-15-18-10(2)7-24-15)4-5-12(9)19-14(22)17-8-16(3,23)13(20)21/h4-7,23H,8H2,1-3H3,(H,20,21)(H2,17,19,22). The number of aliphatic hydroxyl groups is 1. The minimum atomic E-state index is -2.02. The molecule has 0 radical (unpaired) electrons. The number of hydrogen-bond acceptors (Lipinski definition) is 6. The summed E-state index contributed by atoms with van der Waals surface area (Å²) < 4.78 is 0.950. The molecule has 2 rings (SSSR count). The number of aliphatic carboxylic acids is 1. The molecule has 0 saturated carbocycles. The maximum Gasteiger partial charge on any atom is 0.337 e. The SMILES string of the molecule is Cc1csc(Sc2ccc(NC(=O)NCC(C)(O)C(=O)O)c(C)c2)n1. The lowest BCUT2D eigenvalue weighted by Gasteiger charge is -2.18. The summed E-state index contributed by atoms with van der Waals surface area (Å²) >= 11 is 3.12. The summed E-state index contributed by atoms with van der Waals surface area (Å²) in [7, 11) is 0. The third-order valence-electron chi connectivity index (χ3n) is 3.30. The Labute approximate surface area is 153 Å². The van der Waals surface area contributed by atoms with E-state index in [1.807, 2.05) is 31.4 Å². The molecule has 2 aromatic rings. The van der Waals surface area contributed by atoms with Crippen LogP contribution in [0.2, 0.25) is 0 Å². The van der Waals surface area contributed by atoms with Gasteiger partial charge in [0.25, 0.3) is 0 Å². The first-order valence-corrected chi connectivity index (χ1v) is 9.08. The van der Waals surface area contributed by atoms with Crippen molar-refractivity contribution in [2.75, 3.05) is 11.9 Å². The molecule has 0 aliphatic heterocycles. The number of hydrogen-bond donors (Lipinski definition) is 4. The molecule has 0 aliphatic carbocycles. The van der Waals surface area contributed by atoms with Crippen LogP contribution in [-0.4, -0.2) is 39.3 Å². The molecule has 1 aromatic carbocycles. The molecule has 0 fully saturated rings. The van der Waals surface area contributed by atoms with Crippen molar-refractivity contribution in [3.63, 3.8) is 0 Å². The van der Waals surface area contributed by atoms with Crippen molar-refractivity contribution in [2.45, 2.75) is 35.6 Å². The molecule has 1 heterocycles. The summed E-state index contributed by atoms with van der Waals surface area (Å²) in [5.74, 6) is -1.40. The lowest BCUT2D eigenvalue weighted by atomic mass is 10.1. The molecular formula is C16H19N3O4S2. The van der Waals surface area contributed by atoms with Gasteiger partial charge >= 0.3 is 12.0 Å². The number of carbonyl (C=O) groups excluding carboxylic acids is 1. The second-order valence-corrected chi connectivity index (χ2v) is 7.90. The fourth-order valence-corrected chi connectivity index (χ4v) is 3.72. The molecule has 1 unspecified atom stereocenters. The van der Waals surface area contributed by atoms with Crippen LogP contribution in [0.15, 0.2) is 32.8 Å². The Morgan fingerprint density at radius 2 is 2.08 bits per heavy atom. The Balaban J connectivity index is 1.96.